The Morgan fingerprint density at radius 2 is 1.57 bits per heavy atom. The molecule has 3 N–H and O–H groups in total. The van der Waals surface area contributed by atoms with Gasteiger partial charge in [-0.05, 0) is 77.2 Å². The van der Waals surface area contributed by atoms with Gasteiger partial charge in [-0.1, -0.05) is 61.5 Å². The third-order valence-electron chi connectivity index (χ3n) is 15.9. The number of carbonyl (C=O) groups is 2. The first kappa shape index (κ1) is 47.9. The Balaban J connectivity index is 1.22. The summed E-state index contributed by atoms with van der Waals surface area (Å²) in [5.41, 5.74) is -0.116. The molecule has 6 aliphatic heterocycles. The summed E-state index contributed by atoms with van der Waals surface area (Å²) >= 11 is 0. The highest BCUT2D eigenvalue weighted by Gasteiger charge is 2.64. The Morgan fingerprint density at radius 1 is 0.850 bits per heavy atom. The van der Waals surface area contributed by atoms with E-state index in [4.69, 9.17) is 37.9 Å². The van der Waals surface area contributed by atoms with Crippen molar-refractivity contribution in [3.05, 3.63) is 11.6 Å². The van der Waals surface area contributed by atoms with Crippen LogP contribution in [0.5, 0.6) is 0 Å². The van der Waals surface area contributed by atoms with E-state index in [-0.39, 0.29) is 90.4 Å². The molecule has 0 radical (unpaired) electrons. The average Bonchev–Trinajstić information content (AvgIpc) is 3.72. The third kappa shape index (κ3) is 9.33. The Kier molecular flexibility index (Phi) is 14.8. The minimum Gasteiger partial charge on any atom is -0.481 e. The van der Waals surface area contributed by atoms with Crippen molar-refractivity contribution in [2.45, 2.75) is 212 Å². The van der Waals surface area contributed by atoms with Crippen molar-refractivity contribution >= 4 is 11.8 Å². The maximum atomic E-state index is 13.5. The molecule has 20 atom stereocenters. The number of aliphatic hydroxyl groups excluding tert-OH is 1. The molecular weight excluding hydrogens is 773 g/mol. The van der Waals surface area contributed by atoms with Gasteiger partial charge in [0.15, 0.2) is 29.4 Å². The van der Waals surface area contributed by atoms with Gasteiger partial charge in [-0.15, -0.1) is 0 Å². The van der Waals surface area contributed by atoms with Crippen LogP contribution < -0.4 is 0 Å². The van der Waals surface area contributed by atoms with Crippen molar-refractivity contribution in [3.63, 3.8) is 0 Å². The molecule has 6 heterocycles. The first-order valence-corrected chi connectivity index (χ1v) is 23.1. The summed E-state index contributed by atoms with van der Waals surface area (Å²) in [6.45, 7) is 21.6. The van der Waals surface area contributed by atoms with E-state index in [2.05, 4.69) is 41.5 Å². The van der Waals surface area contributed by atoms with E-state index in [9.17, 15) is 24.9 Å². The van der Waals surface area contributed by atoms with Gasteiger partial charge >= 0.3 is 5.97 Å². The Bertz CT molecular complexity index is 1540. The molecule has 0 aromatic rings. The monoisotopic (exact) mass is 851 g/mol. The van der Waals surface area contributed by atoms with Gasteiger partial charge in [-0.25, -0.2) is 0 Å². The Labute approximate surface area is 358 Å². The lowest BCUT2D eigenvalue weighted by Crippen LogP contribution is -2.60. The van der Waals surface area contributed by atoms with Crippen LogP contribution in [0.1, 0.15) is 140 Å². The summed E-state index contributed by atoms with van der Waals surface area (Å²) in [4.78, 5) is 25.0. The SMILES string of the molecule is CO[C@@H]1CC[C@@H](O[C@H]2C[C@@H]([C@@H](C)/C=C(\C)C(=O)[C@H](C)C[C@H](C)C(=O)O)O[C@@]3(CC[C@@](C)([C@@H]4CC[C@@H](C)[C@]5(O4)O[C@@H]([C@H]4O[C@@](O)(CO)[C@H](C)C[C@@H]4C)C[C@H]5C)O3)[C@H]2C)O[C@H]1C. The molecule has 2 spiro atoms. The Morgan fingerprint density at radius 3 is 2.22 bits per heavy atom. The molecule has 6 aliphatic rings. The average molecular weight is 851 g/mol. The van der Waals surface area contributed by atoms with Crippen molar-refractivity contribution in [1.82, 2.24) is 0 Å². The second-order valence-corrected chi connectivity index (χ2v) is 20.5. The van der Waals surface area contributed by atoms with Crippen molar-refractivity contribution in [2.75, 3.05) is 13.7 Å². The normalized spacial score (nSPS) is 48.0. The molecule has 0 aliphatic carbocycles. The molecule has 13 nitrogen and oxygen atoms in total. The topological polar surface area (TPSA) is 169 Å². The summed E-state index contributed by atoms with van der Waals surface area (Å²) in [7, 11) is 1.71. The Hall–Kier alpha value is -1.52. The summed E-state index contributed by atoms with van der Waals surface area (Å²) < 4.78 is 54.0. The van der Waals surface area contributed by atoms with Crippen LogP contribution in [-0.4, -0.2) is 113 Å². The van der Waals surface area contributed by atoms with Crippen molar-refractivity contribution in [3.8, 4) is 0 Å². The van der Waals surface area contributed by atoms with Crippen LogP contribution in [0.2, 0.25) is 0 Å². The number of ether oxygens (including phenoxy) is 8. The maximum Gasteiger partial charge on any atom is 0.306 e. The zero-order valence-corrected chi connectivity index (χ0v) is 38.5. The molecule has 0 bridgehead atoms. The van der Waals surface area contributed by atoms with Crippen LogP contribution in [-0.2, 0) is 47.5 Å². The van der Waals surface area contributed by atoms with E-state index < -0.39 is 53.7 Å². The van der Waals surface area contributed by atoms with Crippen LogP contribution in [0.3, 0.4) is 0 Å². The highest BCUT2D eigenvalue weighted by Crippen LogP contribution is 2.57. The molecule has 13 heteroatoms. The molecule has 60 heavy (non-hydrogen) atoms. The zero-order valence-electron chi connectivity index (χ0n) is 38.5. The second kappa shape index (κ2) is 18.5. The first-order chi connectivity index (χ1) is 28.1. The number of hydrogen-bond acceptors (Lipinski definition) is 12. The molecule has 344 valence electrons. The number of allylic oxidation sites excluding steroid dienone is 1. The van der Waals surface area contributed by atoms with E-state index in [1.807, 2.05) is 26.8 Å². The number of hydrogen-bond donors (Lipinski definition) is 3. The van der Waals surface area contributed by atoms with Gasteiger partial charge in [0.25, 0.3) is 0 Å². The smallest absolute Gasteiger partial charge is 0.306 e. The molecule has 6 rings (SSSR count). The number of methoxy groups -OCH3 is 1. The molecule has 0 amide bonds. The fourth-order valence-electron chi connectivity index (χ4n) is 11.7. The quantitative estimate of drug-likeness (QED) is 0.160. The highest BCUT2D eigenvalue weighted by molar-refractivity contribution is 5.96. The fraction of sp³-hybridized carbons (Fsp3) is 0.915. The standard InChI is InChI=1S/C47H78O13/c1-25(19-26(2)41(49)27(3)20-29(5)43(50)51)36-23-37(55-40-16-14-35(53-12)34(10)54-40)33(9)46(56-36)18-17-44(11,60-46)39-15-13-30(6)47(58-39)32(8)22-38(57-47)42-28(4)21-31(7)45(52,24-48)59-42/h19,25,27-40,42,48,52H,13-18,20-24H2,1-12H3,(H,50,51)/b26-19+/t25-,27+,28-,29-,30+,31+,32+,33-,34-,35+,36-,37-,38+,39-,40+,42-,44-,45-,46+,47+/m0/s1. The number of rotatable bonds is 13. The third-order valence-corrected chi connectivity index (χ3v) is 15.9. The predicted molar refractivity (Wildman–Crippen MR) is 222 cm³/mol. The van der Waals surface area contributed by atoms with Gasteiger partial charge in [0.2, 0.25) is 0 Å². The fourth-order valence-corrected chi connectivity index (χ4v) is 11.7. The number of aliphatic hydroxyl groups is 2. The lowest BCUT2D eigenvalue weighted by Gasteiger charge is -2.52. The van der Waals surface area contributed by atoms with Gasteiger partial charge in [-0.2, -0.15) is 0 Å². The maximum absolute atomic E-state index is 13.5. The summed E-state index contributed by atoms with van der Waals surface area (Å²) in [6.07, 6.45) is 6.69. The molecule has 6 fully saturated rings. The van der Waals surface area contributed by atoms with Crippen LogP contribution in [0.4, 0.5) is 0 Å². The van der Waals surface area contributed by atoms with Crippen LogP contribution >= 0.6 is 0 Å². The van der Waals surface area contributed by atoms with Gasteiger partial charge in [0, 0.05) is 61.9 Å². The lowest BCUT2D eigenvalue weighted by atomic mass is 9.78. The van der Waals surface area contributed by atoms with E-state index in [1.165, 1.54) is 0 Å². The molecular formula is C47H78O13. The summed E-state index contributed by atoms with van der Waals surface area (Å²) in [5, 5.41) is 30.7. The number of carboxylic acid groups (broad SMARTS) is 1. The van der Waals surface area contributed by atoms with Gasteiger partial charge in [0.1, 0.15) is 0 Å². The second-order valence-electron chi connectivity index (χ2n) is 20.5. The van der Waals surface area contributed by atoms with Gasteiger partial charge in [0.05, 0.1) is 60.9 Å². The minimum absolute atomic E-state index is 0.0101. The molecule has 0 aromatic heterocycles. The van der Waals surface area contributed by atoms with Gasteiger partial charge in [-0.3, -0.25) is 9.59 Å². The summed E-state index contributed by atoms with van der Waals surface area (Å²) in [5.74, 6) is -5.73. The minimum atomic E-state index is -1.61. The van der Waals surface area contributed by atoms with Crippen LogP contribution in [0, 0.1) is 47.3 Å². The van der Waals surface area contributed by atoms with Crippen molar-refractivity contribution in [2.24, 2.45) is 47.3 Å². The molecule has 0 unspecified atom stereocenters. The molecule has 0 aromatic carbocycles. The van der Waals surface area contributed by atoms with Gasteiger partial charge < -0.3 is 53.2 Å². The zero-order chi connectivity index (χ0) is 44.1. The van der Waals surface area contributed by atoms with Crippen molar-refractivity contribution in [1.29, 1.82) is 0 Å². The number of aliphatic carboxylic acids is 1. The number of ketones is 1. The highest BCUT2D eigenvalue weighted by atomic mass is 16.8. The summed E-state index contributed by atoms with van der Waals surface area (Å²) in [6, 6.07) is 0. The first-order valence-electron chi connectivity index (χ1n) is 23.1. The molecule has 0 saturated carbocycles. The van der Waals surface area contributed by atoms with Crippen LogP contribution in [0.25, 0.3) is 0 Å². The van der Waals surface area contributed by atoms with E-state index in [0.717, 1.165) is 25.7 Å². The van der Waals surface area contributed by atoms with Crippen LogP contribution in [0.15, 0.2) is 11.6 Å². The number of Topliss-reactive ketones (excluding diaryl/α,β-unsaturated/α-hetero) is 1. The number of carbonyl (C=O) groups excluding carboxylic acids is 1. The lowest BCUT2D eigenvalue weighted by molar-refractivity contribution is -0.382. The largest absolute Gasteiger partial charge is 0.481 e. The predicted octanol–water partition coefficient (Wildman–Crippen LogP) is 7.18. The van der Waals surface area contributed by atoms with E-state index >= 15 is 0 Å². The van der Waals surface area contributed by atoms with E-state index in [0.29, 0.717) is 37.7 Å². The molecule has 6 saturated heterocycles. The van der Waals surface area contributed by atoms with E-state index in [1.54, 1.807) is 21.0 Å². The number of carboxylic acids is 1. The van der Waals surface area contributed by atoms with Crippen molar-refractivity contribution < 1.29 is 62.8 Å².